The minimum Gasteiger partial charge on any atom is -0.329 e. The first-order chi connectivity index (χ1) is 6.61. The van der Waals surface area contributed by atoms with Gasteiger partial charge in [-0.15, -0.1) is 0 Å². The van der Waals surface area contributed by atoms with Crippen LogP contribution >= 0.6 is 31.9 Å². The molecule has 0 N–H and O–H groups in total. The second-order valence-corrected chi connectivity index (χ2v) is 4.03. The molecule has 2 aromatic rings. The molecule has 0 unspecified atom stereocenters. The predicted octanol–water partition coefficient (Wildman–Crippen LogP) is 2.37. The third-order valence-electron chi connectivity index (χ3n) is 1.52. The van der Waals surface area contributed by atoms with Gasteiger partial charge < -0.3 is 9.13 Å². The molecule has 0 saturated carbocycles. The highest BCUT2D eigenvalue weighted by molar-refractivity contribution is 9.10. The van der Waals surface area contributed by atoms with Crippen molar-refractivity contribution >= 4 is 31.9 Å². The van der Waals surface area contributed by atoms with Crippen molar-refractivity contribution in [3.05, 3.63) is 34.3 Å². The fourth-order valence-corrected chi connectivity index (χ4v) is 1.17. The Morgan fingerprint density at radius 2 is 1.29 bits per heavy atom. The first-order valence-electron chi connectivity index (χ1n) is 3.87. The van der Waals surface area contributed by atoms with Crippen molar-refractivity contribution in [1.29, 1.82) is 0 Å². The van der Waals surface area contributed by atoms with Gasteiger partial charge in [0.25, 0.3) is 0 Å². The van der Waals surface area contributed by atoms with Crippen molar-refractivity contribution in [2.75, 3.05) is 0 Å². The van der Waals surface area contributed by atoms with E-state index in [1.165, 1.54) is 0 Å². The smallest absolute Gasteiger partial charge is 0.176 e. The zero-order valence-electron chi connectivity index (χ0n) is 7.85. The van der Waals surface area contributed by atoms with E-state index in [0.717, 1.165) is 9.47 Å². The fraction of sp³-hybridized carbons (Fsp3) is 0.250. The maximum Gasteiger partial charge on any atom is 0.176 e. The first-order valence-corrected chi connectivity index (χ1v) is 5.45. The van der Waals surface area contributed by atoms with Crippen LogP contribution in [0.25, 0.3) is 0 Å². The topological polar surface area (TPSA) is 35.6 Å². The molecule has 4 nitrogen and oxygen atoms in total. The lowest BCUT2D eigenvalue weighted by Crippen LogP contribution is -1.82. The number of imidazole rings is 2. The summed E-state index contributed by atoms with van der Waals surface area (Å²) < 4.78 is 5.51. The monoisotopic (exact) mass is 320 g/mol. The Morgan fingerprint density at radius 1 is 0.929 bits per heavy atom. The molecule has 0 aliphatic carbocycles. The summed E-state index contributed by atoms with van der Waals surface area (Å²) in [4.78, 5) is 7.79. The summed E-state index contributed by atoms with van der Waals surface area (Å²) in [5, 5.41) is 0. The average molecular weight is 322 g/mol. The molecule has 0 saturated heterocycles. The highest BCUT2D eigenvalue weighted by Gasteiger charge is 1.86. The van der Waals surface area contributed by atoms with Crippen molar-refractivity contribution in [1.82, 2.24) is 19.1 Å². The highest BCUT2D eigenvalue weighted by atomic mass is 79.9. The van der Waals surface area contributed by atoms with Crippen LogP contribution < -0.4 is 0 Å². The van der Waals surface area contributed by atoms with Crippen molar-refractivity contribution in [3.63, 3.8) is 0 Å². The zero-order valence-corrected chi connectivity index (χ0v) is 11.0. The molecule has 0 amide bonds. The lowest BCUT2D eigenvalue weighted by Gasteiger charge is -1.85. The number of nitrogens with zero attached hydrogens (tertiary/aromatic N) is 4. The summed E-state index contributed by atoms with van der Waals surface area (Å²) in [5.41, 5.74) is 0. The highest BCUT2D eigenvalue weighted by Crippen LogP contribution is 2.01. The van der Waals surface area contributed by atoms with Gasteiger partial charge in [-0.05, 0) is 31.9 Å². The van der Waals surface area contributed by atoms with Gasteiger partial charge in [0, 0.05) is 38.9 Å². The SMILES string of the molecule is Cn1ccnc1Br.Cn1ccnc1Br. The van der Waals surface area contributed by atoms with Crippen LogP contribution in [-0.4, -0.2) is 19.1 Å². The van der Waals surface area contributed by atoms with E-state index < -0.39 is 0 Å². The van der Waals surface area contributed by atoms with Crippen molar-refractivity contribution in [2.45, 2.75) is 0 Å². The van der Waals surface area contributed by atoms with Crippen LogP contribution in [0.5, 0.6) is 0 Å². The fourth-order valence-electron chi connectivity index (χ4n) is 0.695. The minimum atomic E-state index is 0.868. The second kappa shape index (κ2) is 5.31. The summed E-state index contributed by atoms with van der Waals surface area (Å²) in [7, 11) is 3.86. The van der Waals surface area contributed by atoms with Gasteiger partial charge in [0.1, 0.15) is 0 Å². The molecular weight excluding hydrogens is 312 g/mol. The van der Waals surface area contributed by atoms with Crippen LogP contribution in [0.1, 0.15) is 0 Å². The summed E-state index contributed by atoms with van der Waals surface area (Å²) in [6.45, 7) is 0. The normalized spacial score (nSPS) is 9.43. The van der Waals surface area contributed by atoms with Crippen LogP contribution in [0.2, 0.25) is 0 Å². The molecule has 0 atom stereocenters. The molecule has 2 rings (SSSR count). The molecule has 76 valence electrons. The number of aromatic nitrogens is 4. The largest absolute Gasteiger partial charge is 0.329 e. The van der Waals surface area contributed by atoms with Crippen molar-refractivity contribution < 1.29 is 0 Å². The Labute approximate surface area is 99.2 Å². The molecule has 14 heavy (non-hydrogen) atoms. The molecule has 0 aliphatic heterocycles. The lowest BCUT2D eigenvalue weighted by atomic mass is 10.9. The summed E-state index contributed by atoms with van der Waals surface area (Å²) >= 11 is 6.43. The van der Waals surface area contributed by atoms with E-state index in [1.807, 2.05) is 35.6 Å². The standard InChI is InChI=1S/2C4H5BrN2/c2*1-7-3-2-6-4(7)5/h2*2-3H,1H3. The van der Waals surface area contributed by atoms with Gasteiger partial charge in [-0.2, -0.15) is 0 Å². The third kappa shape index (κ3) is 3.26. The average Bonchev–Trinajstić information content (AvgIpc) is 2.67. The van der Waals surface area contributed by atoms with E-state index in [0.29, 0.717) is 0 Å². The van der Waals surface area contributed by atoms with Crippen LogP contribution in [-0.2, 0) is 14.1 Å². The Morgan fingerprint density at radius 3 is 1.36 bits per heavy atom. The summed E-state index contributed by atoms with van der Waals surface area (Å²) in [6.07, 6.45) is 7.24. The van der Waals surface area contributed by atoms with Crippen molar-refractivity contribution in [3.8, 4) is 0 Å². The Hall–Kier alpha value is -0.620. The molecule has 2 heterocycles. The lowest BCUT2D eigenvalue weighted by molar-refractivity contribution is 0.881. The number of rotatable bonds is 0. The maximum atomic E-state index is 3.90. The van der Waals surface area contributed by atoms with E-state index in [2.05, 4.69) is 41.8 Å². The van der Waals surface area contributed by atoms with E-state index in [-0.39, 0.29) is 0 Å². The van der Waals surface area contributed by atoms with Crippen molar-refractivity contribution in [2.24, 2.45) is 14.1 Å². The van der Waals surface area contributed by atoms with Gasteiger partial charge in [-0.25, -0.2) is 9.97 Å². The first kappa shape index (κ1) is 11.5. The molecule has 0 fully saturated rings. The Bertz CT molecular complexity index is 322. The Kier molecular flexibility index (Phi) is 4.34. The molecule has 2 aromatic heterocycles. The van der Waals surface area contributed by atoms with Gasteiger partial charge in [0.15, 0.2) is 9.47 Å². The molecule has 0 aliphatic rings. The van der Waals surface area contributed by atoms with Gasteiger partial charge in [0.05, 0.1) is 0 Å². The van der Waals surface area contributed by atoms with Gasteiger partial charge >= 0.3 is 0 Å². The molecule has 0 spiro atoms. The Balaban J connectivity index is 0.000000140. The molecule has 0 radical (unpaired) electrons. The number of halogens is 2. The van der Waals surface area contributed by atoms with Gasteiger partial charge in [0.2, 0.25) is 0 Å². The number of aryl methyl sites for hydroxylation is 2. The van der Waals surface area contributed by atoms with Gasteiger partial charge in [-0.3, -0.25) is 0 Å². The van der Waals surface area contributed by atoms with Gasteiger partial charge in [-0.1, -0.05) is 0 Å². The molecular formula is C8H10Br2N4. The number of hydrogen-bond acceptors (Lipinski definition) is 2. The predicted molar refractivity (Wildman–Crippen MR) is 61.8 cm³/mol. The van der Waals surface area contributed by atoms with Crippen LogP contribution in [0, 0.1) is 0 Å². The quantitative estimate of drug-likeness (QED) is 0.746. The van der Waals surface area contributed by atoms with Crippen LogP contribution in [0.15, 0.2) is 34.3 Å². The summed E-state index contributed by atoms with van der Waals surface area (Å²) in [6, 6.07) is 0. The second-order valence-electron chi connectivity index (χ2n) is 2.61. The number of hydrogen-bond donors (Lipinski definition) is 0. The maximum absolute atomic E-state index is 3.90. The summed E-state index contributed by atoms with van der Waals surface area (Å²) in [5.74, 6) is 0. The van der Waals surface area contributed by atoms with Crippen LogP contribution in [0.4, 0.5) is 0 Å². The van der Waals surface area contributed by atoms with E-state index in [9.17, 15) is 0 Å². The molecule has 6 heteroatoms. The van der Waals surface area contributed by atoms with E-state index in [1.54, 1.807) is 12.4 Å². The third-order valence-corrected chi connectivity index (χ3v) is 3.05. The molecule has 0 aromatic carbocycles. The minimum absolute atomic E-state index is 0.868. The van der Waals surface area contributed by atoms with E-state index in [4.69, 9.17) is 0 Å². The van der Waals surface area contributed by atoms with Crippen LogP contribution in [0.3, 0.4) is 0 Å². The zero-order chi connectivity index (χ0) is 10.6. The van der Waals surface area contributed by atoms with E-state index >= 15 is 0 Å². The molecule has 0 bridgehead atoms.